The molecule has 13 heteroatoms. The van der Waals surface area contributed by atoms with Gasteiger partial charge in [0.25, 0.3) is 0 Å². The first kappa shape index (κ1) is 36.0. The third-order valence-electron chi connectivity index (χ3n) is 8.92. The Labute approximate surface area is 260 Å². The van der Waals surface area contributed by atoms with Crippen molar-refractivity contribution in [3.05, 3.63) is 11.6 Å². The van der Waals surface area contributed by atoms with Crippen LogP contribution in [-0.2, 0) is 28.5 Å². The van der Waals surface area contributed by atoms with Gasteiger partial charge in [-0.2, -0.15) is 0 Å². The minimum atomic E-state index is -0.578. The van der Waals surface area contributed by atoms with Crippen LogP contribution < -0.4 is 21.5 Å². The standard InChI is InChI=1S/C31H53FN4O8/c1-20(2)11-12-24-30(5,44-24)27-26(40-6)23(13-14-31(27)19-42-31)43-29(39)36-22(21(3)4)18-41-28(38)34-16-10-8-7-9-15-33-25(37)17-35-32/h11,21-24,26-27,35H,7-10,12-19H2,1-6H3,(H,33,37)(H,34,38)(H,36,39)/t22-,23?,24+,26?,27?,30+,31?/m0/s1. The predicted octanol–water partition coefficient (Wildman–Crippen LogP) is 3.69. The van der Waals surface area contributed by atoms with Gasteiger partial charge in [-0.05, 0) is 58.8 Å². The van der Waals surface area contributed by atoms with E-state index in [0.717, 1.165) is 38.5 Å². The van der Waals surface area contributed by atoms with Gasteiger partial charge in [0.1, 0.15) is 36.6 Å². The van der Waals surface area contributed by atoms with Crippen LogP contribution >= 0.6 is 0 Å². The summed E-state index contributed by atoms with van der Waals surface area (Å²) in [6, 6.07) is -0.438. The van der Waals surface area contributed by atoms with Crippen molar-refractivity contribution >= 4 is 18.1 Å². The molecule has 12 nitrogen and oxygen atoms in total. The van der Waals surface area contributed by atoms with Gasteiger partial charge in [0.05, 0.1) is 24.7 Å². The lowest BCUT2D eigenvalue weighted by Crippen LogP contribution is -2.56. The second-order valence-corrected chi connectivity index (χ2v) is 12.9. The summed E-state index contributed by atoms with van der Waals surface area (Å²) < 4.78 is 41.4. The molecule has 2 aliphatic heterocycles. The van der Waals surface area contributed by atoms with Crippen LogP contribution in [0.25, 0.3) is 0 Å². The molecule has 0 aromatic rings. The topological polar surface area (TPSA) is 152 Å². The molecule has 7 atom stereocenters. The second-order valence-electron chi connectivity index (χ2n) is 12.9. The van der Waals surface area contributed by atoms with Crippen molar-refractivity contribution in [2.45, 2.75) is 115 Å². The van der Waals surface area contributed by atoms with Crippen molar-refractivity contribution in [3.8, 4) is 0 Å². The van der Waals surface area contributed by atoms with E-state index < -0.39 is 29.9 Å². The highest BCUT2D eigenvalue weighted by molar-refractivity contribution is 5.77. The molecule has 3 rings (SSSR count). The Kier molecular flexibility index (Phi) is 13.7. The number of hydrogen-bond donors (Lipinski definition) is 4. The van der Waals surface area contributed by atoms with Gasteiger partial charge in [-0.15, -0.1) is 10.0 Å². The molecule has 4 N–H and O–H groups in total. The average Bonchev–Trinajstić information content (AvgIpc) is 3.88. The zero-order valence-corrected chi connectivity index (χ0v) is 27.2. The Morgan fingerprint density at radius 3 is 2.34 bits per heavy atom. The van der Waals surface area contributed by atoms with E-state index in [4.69, 9.17) is 23.7 Å². The highest BCUT2D eigenvalue weighted by Crippen LogP contribution is 2.59. The Hall–Kier alpha value is -2.48. The van der Waals surface area contributed by atoms with Crippen LogP contribution in [0.15, 0.2) is 11.6 Å². The highest BCUT2D eigenvalue weighted by atomic mass is 19.2. The minimum absolute atomic E-state index is 0.00192. The predicted molar refractivity (Wildman–Crippen MR) is 161 cm³/mol. The number of carbonyl (C=O) groups excluding carboxylic acids is 3. The molecule has 0 radical (unpaired) electrons. The van der Waals surface area contributed by atoms with Crippen LogP contribution in [0.2, 0.25) is 0 Å². The summed E-state index contributed by atoms with van der Waals surface area (Å²) in [4.78, 5) is 36.5. The highest BCUT2D eigenvalue weighted by Gasteiger charge is 2.72. The molecule has 44 heavy (non-hydrogen) atoms. The SMILES string of the molecule is COC1C(OC(=O)N[C@@H](COC(=O)NCCCCCCNC(=O)CNF)C(C)C)CCC2(CO2)C1[C@]1(C)O[C@@H]1CC=C(C)C. The number of ether oxygens (including phenoxy) is 5. The third kappa shape index (κ3) is 10.3. The van der Waals surface area contributed by atoms with Crippen molar-refractivity contribution < 1.29 is 42.5 Å². The number of rotatable bonds is 18. The van der Waals surface area contributed by atoms with Gasteiger partial charge in [-0.25, -0.2) is 9.59 Å². The van der Waals surface area contributed by atoms with Crippen molar-refractivity contribution in [1.82, 2.24) is 21.5 Å². The van der Waals surface area contributed by atoms with E-state index in [-0.39, 0.29) is 48.7 Å². The lowest BCUT2D eigenvalue weighted by molar-refractivity contribution is -0.120. The van der Waals surface area contributed by atoms with Crippen molar-refractivity contribution in [1.29, 1.82) is 0 Å². The van der Waals surface area contributed by atoms with E-state index in [1.165, 1.54) is 11.1 Å². The lowest BCUT2D eigenvalue weighted by Gasteiger charge is -2.42. The van der Waals surface area contributed by atoms with Crippen LogP contribution in [-0.4, -0.2) is 93.6 Å². The number of carbonyl (C=O) groups is 3. The van der Waals surface area contributed by atoms with Gasteiger partial charge < -0.3 is 39.6 Å². The van der Waals surface area contributed by atoms with Crippen LogP contribution in [0.1, 0.15) is 79.6 Å². The van der Waals surface area contributed by atoms with Crippen LogP contribution in [0, 0.1) is 11.8 Å². The maximum Gasteiger partial charge on any atom is 0.407 e. The van der Waals surface area contributed by atoms with Gasteiger partial charge in [0, 0.05) is 20.2 Å². The third-order valence-corrected chi connectivity index (χ3v) is 8.92. The zero-order chi connectivity index (χ0) is 32.3. The summed E-state index contributed by atoms with van der Waals surface area (Å²) in [5.41, 5.74) is 1.83. The van der Waals surface area contributed by atoms with Crippen LogP contribution in [0.5, 0.6) is 0 Å². The maximum atomic E-state index is 13.1. The fraction of sp³-hybridized carbons (Fsp3) is 0.839. The molecule has 3 fully saturated rings. The molecule has 3 amide bonds. The number of nitrogens with one attached hydrogen (secondary N) is 4. The molecule has 1 spiro atoms. The second kappa shape index (κ2) is 16.7. The first-order valence-corrected chi connectivity index (χ1v) is 15.9. The van der Waals surface area contributed by atoms with Gasteiger partial charge in [0.2, 0.25) is 5.91 Å². The van der Waals surface area contributed by atoms with Crippen LogP contribution in [0.3, 0.4) is 0 Å². The molecule has 4 unspecified atom stereocenters. The fourth-order valence-electron chi connectivity index (χ4n) is 6.16. The van der Waals surface area contributed by atoms with Crippen molar-refractivity contribution in [2.24, 2.45) is 11.8 Å². The molecule has 252 valence electrons. The fourth-order valence-corrected chi connectivity index (χ4v) is 6.16. The van der Waals surface area contributed by atoms with Crippen LogP contribution in [0.4, 0.5) is 14.1 Å². The summed E-state index contributed by atoms with van der Waals surface area (Å²) >= 11 is 0. The first-order chi connectivity index (χ1) is 21.0. The average molecular weight is 629 g/mol. The molecule has 3 aliphatic rings. The van der Waals surface area contributed by atoms with E-state index in [1.54, 1.807) is 7.11 Å². The van der Waals surface area contributed by atoms with Gasteiger partial charge in [-0.1, -0.05) is 38.3 Å². The molecule has 2 saturated heterocycles. The van der Waals surface area contributed by atoms with E-state index in [9.17, 15) is 18.9 Å². The van der Waals surface area contributed by atoms with E-state index in [1.807, 2.05) is 13.8 Å². The smallest absolute Gasteiger partial charge is 0.407 e. The Morgan fingerprint density at radius 1 is 1.07 bits per heavy atom. The molecule has 0 bridgehead atoms. The first-order valence-electron chi connectivity index (χ1n) is 15.9. The molecule has 2 heterocycles. The zero-order valence-electron chi connectivity index (χ0n) is 27.2. The van der Waals surface area contributed by atoms with E-state index in [0.29, 0.717) is 26.1 Å². The minimum Gasteiger partial charge on any atom is -0.447 e. The number of unbranched alkanes of at least 4 members (excludes halogenated alkanes) is 3. The summed E-state index contributed by atoms with van der Waals surface area (Å²) in [5.74, 6) is -0.461. The number of epoxide rings is 2. The van der Waals surface area contributed by atoms with Crippen molar-refractivity contribution in [3.63, 3.8) is 0 Å². The molecule has 0 aromatic heterocycles. The molecular weight excluding hydrogens is 575 g/mol. The summed E-state index contributed by atoms with van der Waals surface area (Å²) in [6.07, 6.45) is 5.71. The Morgan fingerprint density at radius 2 is 1.75 bits per heavy atom. The summed E-state index contributed by atoms with van der Waals surface area (Å²) in [6.45, 7) is 11.4. The number of alkyl carbamates (subject to hydrolysis) is 2. The lowest BCUT2D eigenvalue weighted by atomic mass is 9.68. The van der Waals surface area contributed by atoms with Gasteiger partial charge in [0.15, 0.2) is 0 Å². The van der Waals surface area contributed by atoms with E-state index >= 15 is 0 Å². The summed E-state index contributed by atoms with van der Waals surface area (Å²) in [5, 5.41) is 8.21. The Bertz CT molecular complexity index is 990. The number of halogens is 1. The largest absolute Gasteiger partial charge is 0.447 e. The van der Waals surface area contributed by atoms with Gasteiger partial charge in [-0.3, -0.25) is 4.79 Å². The number of allylic oxidation sites excluding steroid dienone is 1. The number of amides is 3. The number of hydrogen-bond acceptors (Lipinski definition) is 9. The molecule has 1 saturated carbocycles. The quantitative estimate of drug-likeness (QED) is 0.0771. The normalized spacial score (nSPS) is 29.5. The van der Waals surface area contributed by atoms with Gasteiger partial charge >= 0.3 is 12.2 Å². The maximum absolute atomic E-state index is 13.1. The molecular formula is C31H53FN4O8. The Balaban J connectivity index is 1.40. The molecule has 1 aliphatic carbocycles. The number of methoxy groups -OCH3 is 1. The van der Waals surface area contributed by atoms with Crippen molar-refractivity contribution in [2.75, 3.05) is 40.0 Å². The molecule has 0 aromatic carbocycles. The monoisotopic (exact) mass is 628 g/mol. The summed E-state index contributed by atoms with van der Waals surface area (Å²) in [7, 11) is 1.64. The van der Waals surface area contributed by atoms with E-state index in [2.05, 4.69) is 42.8 Å².